The minimum Gasteiger partial charge on any atom is -0.385 e. The molecule has 1 unspecified atom stereocenters. The van der Waals surface area contributed by atoms with Crippen molar-refractivity contribution in [2.24, 2.45) is 7.05 Å². The van der Waals surface area contributed by atoms with E-state index in [1.54, 1.807) is 14.0 Å². The SMILES string of the molecule is Cc1nn(C)c(CC(O)C(F)(F)Cl)c1Br. The molecule has 3 nitrogen and oxygen atoms in total. The fourth-order valence-corrected chi connectivity index (χ4v) is 1.78. The molecule has 1 atom stereocenters. The number of aryl methyl sites for hydroxylation is 2. The van der Waals surface area contributed by atoms with Gasteiger partial charge in [0.15, 0.2) is 0 Å². The lowest BCUT2D eigenvalue weighted by molar-refractivity contribution is -0.0406. The van der Waals surface area contributed by atoms with Crippen LogP contribution >= 0.6 is 27.5 Å². The number of hydrogen-bond acceptors (Lipinski definition) is 2. The first-order valence-electron chi connectivity index (χ1n) is 4.16. The van der Waals surface area contributed by atoms with Gasteiger partial charge < -0.3 is 5.11 Å². The summed E-state index contributed by atoms with van der Waals surface area (Å²) in [5.41, 5.74) is 1.16. The van der Waals surface area contributed by atoms with Gasteiger partial charge in [-0.25, -0.2) is 0 Å². The third-order valence-electron chi connectivity index (χ3n) is 2.03. The van der Waals surface area contributed by atoms with Crippen LogP contribution in [0.5, 0.6) is 0 Å². The molecule has 1 rings (SSSR count). The molecule has 1 N–H and O–H groups in total. The maximum atomic E-state index is 12.5. The van der Waals surface area contributed by atoms with E-state index < -0.39 is 11.5 Å². The number of alkyl halides is 3. The Labute approximate surface area is 99.2 Å². The summed E-state index contributed by atoms with van der Waals surface area (Å²) >= 11 is 7.93. The van der Waals surface area contributed by atoms with Gasteiger partial charge in [0, 0.05) is 13.5 Å². The van der Waals surface area contributed by atoms with E-state index in [-0.39, 0.29) is 6.42 Å². The monoisotopic (exact) mass is 302 g/mol. The number of halogens is 4. The lowest BCUT2D eigenvalue weighted by atomic mass is 10.2. The number of rotatable bonds is 3. The summed E-state index contributed by atoms with van der Waals surface area (Å²) in [6, 6.07) is 0. The van der Waals surface area contributed by atoms with E-state index in [1.165, 1.54) is 4.68 Å². The van der Waals surface area contributed by atoms with Crippen molar-refractivity contribution >= 4 is 27.5 Å². The first-order chi connectivity index (χ1) is 6.73. The zero-order valence-corrected chi connectivity index (χ0v) is 10.5. The van der Waals surface area contributed by atoms with Gasteiger partial charge in [0.2, 0.25) is 0 Å². The molecule has 7 heteroatoms. The molecule has 0 aromatic carbocycles. The van der Waals surface area contributed by atoms with Gasteiger partial charge in [-0.3, -0.25) is 4.68 Å². The molecule has 1 heterocycles. The zero-order valence-electron chi connectivity index (χ0n) is 8.14. The average molecular weight is 304 g/mol. The molecule has 0 saturated heterocycles. The van der Waals surface area contributed by atoms with Crippen LogP contribution in [0.1, 0.15) is 11.4 Å². The minimum atomic E-state index is -3.63. The predicted octanol–water partition coefficient (Wildman–Crippen LogP) is 2.23. The second kappa shape index (κ2) is 4.35. The molecular weight excluding hydrogens is 293 g/mol. The Hall–Kier alpha value is -0.200. The standard InChI is InChI=1S/C8H10BrClF2N2O/c1-4-7(9)5(14(2)13-4)3-6(15)8(10,11)12/h6,15H,3H2,1-2H3. The van der Waals surface area contributed by atoms with Gasteiger partial charge in [-0.05, 0) is 34.5 Å². The number of hydrogen-bond donors (Lipinski definition) is 1. The molecule has 0 aliphatic carbocycles. The van der Waals surface area contributed by atoms with Crippen molar-refractivity contribution in [1.29, 1.82) is 0 Å². The summed E-state index contributed by atoms with van der Waals surface area (Å²) in [5, 5.41) is 9.54. The topological polar surface area (TPSA) is 38.0 Å². The second-order valence-electron chi connectivity index (χ2n) is 3.23. The highest BCUT2D eigenvalue weighted by atomic mass is 79.9. The summed E-state index contributed by atoms with van der Waals surface area (Å²) in [6.45, 7) is 1.73. The van der Waals surface area contributed by atoms with Crippen LogP contribution in [0.25, 0.3) is 0 Å². The third kappa shape index (κ3) is 2.89. The summed E-state index contributed by atoms with van der Waals surface area (Å²) in [5.74, 6) is 0. The highest BCUT2D eigenvalue weighted by molar-refractivity contribution is 9.10. The number of aliphatic hydroxyl groups is 1. The molecule has 0 fully saturated rings. The van der Waals surface area contributed by atoms with Crippen molar-refractivity contribution in [1.82, 2.24) is 9.78 Å². The smallest absolute Gasteiger partial charge is 0.347 e. The Kier molecular flexibility index (Phi) is 3.73. The molecule has 0 bridgehead atoms. The van der Waals surface area contributed by atoms with Gasteiger partial charge >= 0.3 is 5.38 Å². The van der Waals surface area contributed by atoms with Crippen LogP contribution in [-0.4, -0.2) is 26.4 Å². The molecule has 0 spiro atoms. The number of nitrogens with zero attached hydrogens (tertiary/aromatic N) is 2. The van der Waals surface area contributed by atoms with Crippen LogP contribution in [0.3, 0.4) is 0 Å². The summed E-state index contributed by atoms with van der Waals surface area (Å²) in [4.78, 5) is 0. The molecule has 1 aromatic heterocycles. The van der Waals surface area contributed by atoms with Crippen LogP contribution in [0.2, 0.25) is 0 Å². The summed E-state index contributed by atoms with van der Waals surface area (Å²) < 4.78 is 27.1. The zero-order chi connectivity index (χ0) is 11.8. The normalized spacial score (nSPS) is 14.3. The third-order valence-corrected chi connectivity index (χ3v) is 3.31. The molecule has 0 aliphatic heterocycles. The van der Waals surface area contributed by atoms with Crippen LogP contribution in [0.15, 0.2) is 4.47 Å². The Morgan fingerprint density at radius 3 is 2.53 bits per heavy atom. The van der Waals surface area contributed by atoms with Gasteiger partial charge in [0.25, 0.3) is 0 Å². The van der Waals surface area contributed by atoms with Crippen molar-refractivity contribution in [2.45, 2.75) is 24.8 Å². The first kappa shape index (κ1) is 12.9. The average Bonchev–Trinajstić information content (AvgIpc) is 2.30. The number of aromatic nitrogens is 2. The molecule has 0 saturated carbocycles. The molecule has 0 radical (unpaired) electrons. The second-order valence-corrected chi connectivity index (χ2v) is 4.53. The first-order valence-corrected chi connectivity index (χ1v) is 5.33. The van der Waals surface area contributed by atoms with Crippen LogP contribution in [0, 0.1) is 6.92 Å². The van der Waals surface area contributed by atoms with Gasteiger partial charge in [0.1, 0.15) is 6.10 Å². The Balaban J connectivity index is 2.90. The largest absolute Gasteiger partial charge is 0.385 e. The lowest BCUT2D eigenvalue weighted by Crippen LogP contribution is -2.30. The van der Waals surface area contributed by atoms with E-state index >= 15 is 0 Å². The van der Waals surface area contributed by atoms with E-state index in [9.17, 15) is 8.78 Å². The summed E-state index contributed by atoms with van der Waals surface area (Å²) in [6.07, 6.45) is -2.18. The minimum absolute atomic E-state index is 0.256. The van der Waals surface area contributed by atoms with E-state index in [1.807, 2.05) is 0 Å². The quantitative estimate of drug-likeness (QED) is 0.870. The van der Waals surface area contributed by atoms with Crippen molar-refractivity contribution in [3.63, 3.8) is 0 Å². The lowest BCUT2D eigenvalue weighted by Gasteiger charge is -2.15. The Morgan fingerprint density at radius 2 is 2.20 bits per heavy atom. The molecule has 15 heavy (non-hydrogen) atoms. The van der Waals surface area contributed by atoms with Gasteiger partial charge in [-0.15, -0.1) is 0 Å². The van der Waals surface area contributed by atoms with E-state index in [4.69, 9.17) is 16.7 Å². The van der Waals surface area contributed by atoms with Crippen molar-refractivity contribution < 1.29 is 13.9 Å². The number of aliphatic hydroxyl groups excluding tert-OH is 1. The van der Waals surface area contributed by atoms with Crippen molar-refractivity contribution in [2.75, 3.05) is 0 Å². The van der Waals surface area contributed by atoms with E-state index in [0.717, 1.165) is 0 Å². The Bertz CT molecular complexity index is 364. The predicted molar refractivity (Wildman–Crippen MR) is 56.2 cm³/mol. The highest BCUT2D eigenvalue weighted by Crippen LogP contribution is 2.29. The molecular formula is C8H10BrClF2N2O. The van der Waals surface area contributed by atoms with Crippen LogP contribution in [0.4, 0.5) is 8.78 Å². The van der Waals surface area contributed by atoms with Crippen molar-refractivity contribution in [3.8, 4) is 0 Å². The van der Waals surface area contributed by atoms with Gasteiger partial charge in [-0.2, -0.15) is 13.9 Å². The highest BCUT2D eigenvalue weighted by Gasteiger charge is 2.36. The maximum Gasteiger partial charge on any atom is 0.347 e. The van der Waals surface area contributed by atoms with Crippen molar-refractivity contribution in [3.05, 3.63) is 15.9 Å². The molecule has 0 amide bonds. The van der Waals surface area contributed by atoms with E-state index in [2.05, 4.69) is 21.0 Å². The Morgan fingerprint density at radius 1 is 1.67 bits per heavy atom. The summed E-state index contributed by atoms with van der Waals surface area (Å²) in [7, 11) is 1.62. The molecule has 0 aliphatic rings. The van der Waals surface area contributed by atoms with Crippen LogP contribution < -0.4 is 0 Å². The van der Waals surface area contributed by atoms with Gasteiger partial charge in [-0.1, -0.05) is 0 Å². The molecule has 1 aromatic rings. The fraction of sp³-hybridized carbons (Fsp3) is 0.625. The van der Waals surface area contributed by atoms with Crippen LogP contribution in [-0.2, 0) is 13.5 Å². The molecule has 86 valence electrons. The fourth-order valence-electron chi connectivity index (χ4n) is 1.20. The van der Waals surface area contributed by atoms with Gasteiger partial charge in [0.05, 0.1) is 15.9 Å². The van der Waals surface area contributed by atoms with E-state index in [0.29, 0.717) is 15.9 Å². The maximum absolute atomic E-state index is 12.5.